The van der Waals surface area contributed by atoms with Gasteiger partial charge in [0.2, 0.25) is 0 Å². The van der Waals surface area contributed by atoms with Gasteiger partial charge < -0.3 is 5.32 Å². The molecule has 1 atom stereocenters. The number of nitrogens with one attached hydrogen (secondary N) is 1. The molecule has 0 saturated carbocycles. The zero-order valence-electron chi connectivity index (χ0n) is 12.3. The van der Waals surface area contributed by atoms with Gasteiger partial charge in [0.05, 0.1) is 0 Å². The van der Waals surface area contributed by atoms with Crippen LogP contribution in [0.4, 0.5) is 5.69 Å². The van der Waals surface area contributed by atoms with Gasteiger partial charge in [-0.15, -0.1) is 0 Å². The second kappa shape index (κ2) is 5.38. The van der Waals surface area contributed by atoms with Gasteiger partial charge in [-0.1, -0.05) is 24.6 Å². The van der Waals surface area contributed by atoms with Crippen LogP contribution in [0, 0.1) is 0 Å². The number of anilines is 1. The largest absolute Gasteiger partial charge is 0.384 e. The predicted molar refractivity (Wildman–Crippen MR) is 83.1 cm³/mol. The monoisotopic (exact) mass is 271 g/mol. The van der Waals surface area contributed by atoms with E-state index in [0.29, 0.717) is 0 Å². The average molecular weight is 271 g/mol. The lowest BCUT2D eigenvalue weighted by Crippen LogP contribution is -2.54. The van der Waals surface area contributed by atoms with Crippen LogP contribution >= 0.6 is 0 Å². The van der Waals surface area contributed by atoms with Crippen LogP contribution in [0.5, 0.6) is 0 Å². The lowest BCUT2D eigenvalue weighted by molar-refractivity contribution is 0.0458. The fourth-order valence-electron chi connectivity index (χ4n) is 4.15. The topological polar surface area (TPSA) is 18.5 Å². The van der Waals surface area contributed by atoms with Gasteiger partial charge in [-0.05, 0) is 36.9 Å². The molecule has 2 fully saturated rings. The van der Waals surface area contributed by atoms with E-state index < -0.39 is 0 Å². The first-order chi connectivity index (χ1) is 9.90. The highest BCUT2D eigenvalue weighted by Crippen LogP contribution is 2.29. The molecule has 1 N–H and O–H groups in total. The summed E-state index contributed by atoms with van der Waals surface area (Å²) in [4.78, 5) is 5.38. The lowest BCUT2D eigenvalue weighted by Gasteiger charge is -2.44. The summed E-state index contributed by atoms with van der Waals surface area (Å²) in [5.74, 6) is 0. The predicted octanol–water partition coefficient (Wildman–Crippen LogP) is 2.32. The van der Waals surface area contributed by atoms with Crippen molar-refractivity contribution in [1.29, 1.82) is 0 Å². The number of piperidine rings is 1. The number of benzene rings is 1. The summed E-state index contributed by atoms with van der Waals surface area (Å²) in [6.07, 6.45) is 5.44. The Morgan fingerprint density at radius 1 is 1.15 bits per heavy atom. The van der Waals surface area contributed by atoms with E-state index >= 15 is 0 Å². The Hall–Kier alpha value is -1.06. The first-order valence-corrected chi connectivity index (χ1v) is 8.21. The summed E-state index contributed by atoms with van der Waals surface area (Å²) >= 11 is 0. The van der Waals surface area contributed by atoms with Crippen LogP contribution in [0.3, 0.4) is 0 Å². The molecular formula is C17H25N3. The van der Waals surface area contributed by atoms with Crippen LogP contribution in [0.2, 0.25) is 0 Å². The number of nitrogens with zero attached hydrogens (tertiary/aromatic N) is 2. The maximum Gasteiger partial charge on any atom is 0.0419 e. The quantitative estimate of drug-likeness (QED) is 0.890. The van der Waals surface area contributed by atoms with Crippen LogP contribution in [0.25, 0.3) is 0 Å². The molecule has 0 aromatic heterocycles. The summed E-state index contributed by atoms with van der Waals surface area (Å²) in [7, 11) is 0. The molecule has 1 unspecified atom stereocenters. The highest BCUT2D eigenvalue weighted by molar-refractivity contribution is 5.61. The number of fused-ring (bicyclic) bond motifs is 2. The Bertz CT molecular complexity index is 485. The van der Waals surface area contributed by atoms with E-state index in [2.05, 4.69) is 33.3 Å². The molecule has 0 spiro atoms. The highest BCUT2D eigenvalue weighted by Gasteiger charge is 2.29. The van der Waals surface area contributed by atoms with Crippen molar-refractivity contribution in [3.8, 4) is 0 Å². The average Bonchev–Trinajstić information content (AvgIpc) is 2.97. The SMILES string of the molecule is c1cc2c(c(CN3CCN4CCCCC4C3)c1)NCC2. The van der Waals surface area contributed by atoms with Gasteiger partial charge in [0.15, 0.2) is 0 Å². The second-order valence-corrected chi connectivity index (χ2v) is 6.55. The van der Waals surface area contributed by atoms with Gasteiger partial charge >= 0.3 is 0 Å². The van der Waals surface area contributed by atoms with E-state index in [1.807, 2.05) is 0 Å². The maximum atomic E-state index is 3.58. The van der Waals surface area contributed by atoms with Gasteiger partial charge in [0, 0.05) is 44.5 Å². The highest BCUT2D eigenvalue weighted by atomic mass is 15.3. The maximum absolute atomic E-state index is 3.58. The molecule has 3 nitrogen and oxygen atoms in total. The molecule has 1 aromatic rings. The number of hydrogen-bond acceptors (Lipinski definition) is 3. The first kappa shape index (κ1) is 12.7. The van der Waals surface area contributed by atoms with Crippen LogP contribution in [-0.2, 0) is 13.0 Å². The van der Waals surface area contributed by atoms with Crippen LogP contribution in [-0.4, -0.2) is 48.6 Å². The molecule has 0 bridgehead atoms. The van der Waals surface area contributed by atoms with E-state index in [9.17, 15) is 0 Å². The molecule has 3 heterocycles. The Morgan fingerprint density at radius 3 is 3.15 bits per heavy atom. The van der Waals surface area contributed by atoms with Crippen molar-refractivity contribution in [2.24, 2.45) is 0 Å². The second-order valence-electron chi connectivity index (χ2n) is 6.55. The minimum atomic E-state index is 0.821. The van der Waals surface area contributed by atoms with Crippen molar-refractivity contribution in [1.82, 2.24) is 9.80 Å². The molecule has 1 aromatic carbocycles. The van der Waals surface area contributed by atoms with E-state index in [4.69, 9.17) is 0 Å². The van der Waals surface area contributed by atoms with Gasteiger partial charge in [0.1, 0.15) is 0 Å². The molecule has 3 aliphatic heterocycles. The Balaban J connectivity index is 1.46. The van der Waals surface area contributed by atoms with Gasteiger partial charge in [-0.2, -0.15) is 0 Å². The molecule has 20 heavy (non-hydrogen) atoms. The lowest BCUT2D eigenvalue weighted by atomic mass is 9.99. The van der Waals surface area contributed by atoms with E-state index in [1.54, 1.807) is 0 Å². The smallest absolute Gasteiger partial charge is 0.0419 e. The Labute approximate surface area is 121 Å². The molecule has 4 rings (SSSR count). The standard InChI is InChI=1S/C17H25N3/c1-2-9-20-11-10-19(13-16(20)6-1)12-15-5-3-4-14-7-8-18-17(14)15/h3-5,16,18H,1-2,6-13H2. The molecule has 0 aliphatic carbocycles. The fourth-order valence-corrected chi connectivity index (χ4v) is 4.15. The zero-order valence-corrected chi connectivity index (χ0v) is 12.3. The van der Waals surface area contributed by atoms with Crippen molar-refractivity contribution in [3.05, 3.63) is 29.3 Å². The summed E-state index contributed by atoms with van der Waals surface area (Å²) in [6.45, 7) is 7.35. The van der Waals surface area contributed by atoms with Crippen molar-refractivity contribution in [3.63, 3.8) is 0 Å². The normalized spacial score (nSPS) is 26.9. The Morgan fingerprint density at radius 2 is 2.15 bits per heavy atom. The molecular weight excluding hydrogens is 246 g/mol. The summed E-state index contributed by atoms with van der Waals surface area (Å²) < 4.78 is 0. The number of rotatable bonds is 2. The third-order valence-corrected chi connectivity index (χ3v) is 5.25. The third kappa shape index (κ3) is 2.33. The third-order valence-electron chi connectivity index (χ3n) is 5.25. The van der Waals surface area contributed by atoms with E-state index in [0.717, 1.165) is 19.1 Å². The van der Waals surface area contributed by atoms with Gasteiger partial charge in [-0.25, -0.2) is 0 Å². The van der Waals surface area contributed by atoms with Crippen molar-refractivity contribution >= 4 is 5.69 Å². The van der Waals surface area contributed by atoms with E-state index in [-0.39, 0.29) is 0 Å². The minimum Gasteiger partial charge on any atom is -0.384 e. The minimum absolute atomic E-state index is 0.821. The number of hydrogen-bond donors (Lipinski definition) is 1. The molecule has 3 aliphatic rings. The molecule has 108 valence electrons. The van der Waals surface area contributed by atoms with Crippen LogP contribution in [0.15, 0.2) is 18.2 Å². The first-order valence-electron chi connectivity index (χ1n) is 8.21. The fraction of sp³-hybridized carbons (Fsp3) is 0.647. The van der Waals surface area contributed by atoms with E-state index in [1.165, 1.54) is 68.7 Å². The summed E-state index contributed by atoms with van der Waals surface area (Å²) in [6, 6.07) is 7.64. The molecule has 0 radical (unpaired) electrons. The Kier molecular flexibility index (Phi) is 3.41. The van der Waals surface area contributed by atoms with Gasteiger partial charge in [-0.3, -0.25) is 9.80 Å². The number of para-hydroxylation sites is 1. The van der Waals surface area contributed by atoms with Gasteiger partial charge in [0.25, 0.3) is 0 Å². The summed E-state index contributed by atoms with van der Waals surface area (Å²) in [5.41, 5.74) is 4.45. The zero-order chi connectivity index (χ0) is 13.4. The number of piperazine rings is 1. The van der Waals surface area contributed by atoms with Crippen LogP contribution in [0.1, 0.15) is 30.4 Å². The summed E-state index contributed by atoms with van der Waals surface area (Å²) in [5, 5.41) is 3.58. The van der Waals surface area contributed by atoms with Crippen molar-refractivity contribution in [2.45, 2.75) is 38.3 Å². The van der Waals surface area contributed by atoms with Crippen molar-refractivity contribution in [2.75, 3.05) is 38.0 Å². The molecule has 2 saturated heterocycles. The molecule has 3 heteroatoms. The van der Waals surface area contributed by atoms with Crippen LogP contribution < -0.4 is 5.32 Å². The van der Waals surface area contributed by atoms with Crippen molar-refractivity contribution < 1.29 is 0 Å². The molecule has 0 amide bonds.